The van der Waals surface area contributed by atoms with Crippen molar-refractivity contribution in [2.75, 3.05) is 0 Å². The minimum Gasteiger partial charge on any atom is -0.465 e. The van der Waals surface area contributed by atoms with E-state index in [9.17, 15) is 14.3 Å². The highest BCUT2D eigenvalue weighted by Gasteiger charge is 2.36. The summed E-state index contributed by atoms with van der Waals surface area (Å²) in [5, 5.41) is 19.9. The molecule has 1 fully saturated rings. The quantitative estimate of drug-likeness (QED) is 0.610. The Morgan fingerprint density at radius 3 is 2.69 bits per heavy atom. The highest BCUT2D eigenvalue weighted by molar-refractivity contribution is 9.09. The molecule has 0 spiro atoms. The first-order valence-corrected chi connectivity index (χ1v) is 4.88. The molecule has 4 unspecified atom stereocenters. The first kappa shape index (κ1) is 10.7. The Morgan fingerprint density at radius 1 is 1.54 bits per heavy atom. The van der Waals surface area contributed by atoms with Crippen molar-refractivity contribution in [2.45, 2.75) is 36.0 Å². The summed E-state index contributed by atoms with van der Waals surface area (Å²) in [6.07, 6.45) is -2.90. The van der Waals surface area contributed by atoms with Crippen molar-refractivity contribution in [2.24, 2.45) is 0 Å². The van der Waals surface area contributed by atoms with E-state index in [2.05, 4.69) is 21.2 Å². The fourth-order valence-corrected chi connectivity index (χ4v) is 2.22. The van der Waals surface area contributed by atoms with E-state index in [-0.39, 0.29) is 17.7 Å². The van der Waals surface area contributed by atoms with Crippen LogP contribution in [-0.4, -0.2) is 39.5 Å². The van der Waals surface area contributed by atoms with Crippen LogP contribution in [0, 0.1) is 0 Å². The van der Waals surface area contributed by atoms with Gasteiger partial charge in [0.1, 0.15) is 6.17 Å². The number of alkyl halides is 2. The number of hydrogen-bond donors (Lipinski definition) is 3. The van der Waals surface area contributed by atoms with Crippen LogP contribution < -0.4 is 5.32 Å². The zero-order valence-corrected chi connectivity index (χ0v) is 8.37. The smallest absolute Gasteiger partial charge is 0.404 e. The van der Waals surface area contributed by atoms with E-state index in [0.29, 0.717) is 0 Å². The van der Waals surface area contributed by atoms with Crippen LogP contribution in [0.2, 0.25) is 0 Å². The summed E-state index contributed by atoms with van der Waals surface area (Å²) in [5.74, 6) is 0. The average Bonchev–Trinajstić information content (AvgIpc) is 1.98. The van der Waals surface area contributed by atoms with Gasteiger partial charge in [0.2, 0.25) is 0 Å². The molecular formula is C7H11BrFNO3. The first-order valence-electron chi connectivity index (χ1n) is 3.96. The summed E-state index contributed by atoms with van der Waals surface area (Å²) in [5.41, 5.74) is 0. The van der Waals surface area contributed by atoms with Gasteiger partial charge in [0.15, 0.2) is 0 Å². The summed E-state index contributed by atoms with van der Waals surface area (Å²) in [6.45, 7) is 0. The Bertz CT molecular complexity index is 204. The highest BCUT2D eigenvalue weighted by atomic mass is 79.9. The lowest BCUT2D eigenvalue weighted by atomic mass is 9.91. The van der Waals surface area contributed by atoms with Crippen molar-refractivity contribution in [3.05, 3.63) is 0 Å². The molecule has 1 amide bonds. The lowest BCUT2D eigenvalue weighted by Crippen LogP contribution is -2.51. The second-order valence-electron chi connectivity index (χ2n) is 3.13. The van der Waals surface area contributed by atoms with Crippen LogP contribution in [0.25, 0.3) is 0 Å². The van der Waals surface area contributed by atoms with Crippen molar-refractivity contribution >= 4 is 22.0 Å². The van der Waals surface area contributed by atoms with E-state index >= 15 is 0 Å². The molecule has 76 valence electrons. The number of aliphatic hydroxyl groups is 1. The van der Waals surface area contributed by atoms with Gasteiger partial charge in [-0.05, 0) is 6.42 Å². The predicted molar refractivity (Wildman–Crippen MR) is 47.8 cm³/mol. The first-order chi connectivity index (χ1) is 6.00. The number of halogens is 2. The zero-order valence-electron chi connectivity index (χ0n) is 6.78. The van der Waals surface area contributed by atoms with Crippen LogP contribution >= 0.6 is 15.9 Å². The van der Waals surface area contributed by atoms with Crippen LogP contribution in [0.4, 0.5) is 9.18 Å². The molecule has 0 aromatic rings. The molecule has 1 aliphatic rings. The van der Waals surface area contributed by atoms with Gasteiger partial charge in [-0.2, -0.15) is 0 Å². The Kier molecular flexibility index (Phi) is 3.49. The average molecular weight is 256 g/mol. The molecule has 0 aromatic heterocycles. The Labute approximate surface area is 83.3 Å². The van der Waals surface area contributed by atoms with Crippen molar-refractivity contribution in [1.29, 1.82) is 0 Å². The van der Waals surface area contributed by atoms with E-state index in [1.165, 1.54) is 0 Å². The Morgan fingerprint density at radius 2 is 2.15 bits per heavy atom. The van der Waals surface area contributed by atoms with Gasteiger partial charge in [-0.25, -0.2) is 9.18 Å². The summed E-state index contributed by atoms with van der Waals surface area (Å²) in [7, 11) is 0. The van der Waals surface area contributed by atoms with Gasteiger partial charge in [-0.1, -0.05) is 15.9 Å². The largest absolute Gasteiger partial charge is 0.465 e. The highest BCUT2D eigenvalue weighted by Crippen LogP contribution is 2.27. The van der Waals surface area contributed by atoms with Crippen LogP contribution in [0.15, 0.2) is 0 Å². The third kappa shape index (κ3) is 2.80. The molecule has 0 saturated heterocycles. The minimum atomic E-state index is -1.24. The van der Waals surface area contributed by atoms with Gasteiger partial charge in [-0.3, -0.25) is 0 Å². The second kappa shape index (κ2) is 4.23. The maximum atomic E-state index is 12.9. The molecule has 3 N–H and O–H groups in total. The van der Waals surface area contributed by atoms with Crippen molar-refractivity contribution in [3.8, 4) is 0 Å². The number of rotatable bonds is 1. The van der Waals surface area contributed by atoms with Crippen LogP contribution in [0.1, 0.15) is 12.8 Å². The fraction of sp³-hybridized carbons (Fsp3) is 0.857. The van der Waals surface area contributed by atoms with E-state index in [1.54, 1.807) is 0 Å². The lowest BCUT2D eigenvalue weighted by molar-refractivity contribution is 0.0652. The molecule has 1 saturated carbocycles. The van der Waals surface area contributed by atoms with Crippen molar-refractivity contribution in [1.82, 2.24) is 5.32 Å². The Hall–Kier alpha value is -0.360. The topological polar surface area (TPSA) is 69.6 Å². The predicted octanol–water partition coefficient (Wildman–Crippen LogP) is 0.879. The molecule has 4 atom stereocenters. The SMILES string of the molecule is O=C(O)NC1CC(F)CC(Br)C1O. The lowest BCUT2D eigenvalue weighted by Gasteiger charge is -2.33. The molecule has 1 aliphatic carbocycles. The molecule has 0 aliphatic heterocycles. The van der Waals surface area contributed by atoms with Gasteiger partial charge in [0.05, 0.1) is 12.1 Å². The maximum Gasteiger partial charge on any atom is 0.404 e. The number of carbonyl (C=O) groups is 1. The molecule has 1 rings (SSSR count). The van der Waals surface area contributed by atoms with Crippen LogP contribution in [-0.2, 0) is 0 Å². The van der Waals surface area contributed by atoms with Gasteiger partial charge in [0.25, 0.3) is 0 Å². The monoisotopic (exact) mass is 255 g/mol. The molecule has 0 radical (unpaired) electrons. The van der Waals surface area contributed by atoms with E-state index in [0.717, 1.165) is 0 Å². The zero-order chi connectivity index (χ0) is 10.0. The van der Waals surface area contributed by atoms with Gasteiger partial charge in [0, 0.05) is 11.2 Å². The summed E-state index contributed by atoms with van der Waals surface area (Å²) in [6, 6.07) is -0.717. The normalized spacial score (nSPS) is 39.9. The molecule has 4 nitrogen and oxygen atoms in total. The molecule has 13 heavy (non-hydrogen) atoms. The van der Waals surface area contributed by atoms with Crippen LogP contribution in [0.3, 0.4) is 0 Å². The van der Waals surface area contributed by atoms with Crippen molar-refractivity contribution in [3.63, 3.8) is 0 Å². The number of carboxylic acid groups (broad SMARTS) is 1. The van der Waals surface area contributed by atoms with Gasteiger partial charge in [-0.15, -0.1) is 0 Å². The third-order valence-electron chi connectivity index (χ3n) is 2.08. The fourth-order valence-electron chi connectivity index (χ4n) is 1.45. The van der Waals surface area contributed by atoms with Gasteiger partial charge < -0.3 is 15.5 Å². The van der Waals surface area contributed by atoms with Crippen LogP contribution in [0.5, 0.6) is 0 Å². The number of aliphatic hydroxyl groups excluding tert-OH is 1. The molecular weight excluding hydrogens is 245 g/mol. The van der Waals surface area contributed by atoms with E-state index in [1.807, 2.05) is 0 Å². The number of nitrogens with one attached hydrogen (secondary N) is 1. The number of amides is 1. The summed E-state index contributed by atoms with van der Waals surface area (Å²) >= 11 is 3.10. The standard InChI is InChI=1S/C7H11BrFNO3/c8-4-1-3(9)2-5(6(4)11)10-7(12)13/h3-6,10-11H,1-2H2,(H,12,13). The minimum absolute atomic E-state index is 0.0373. The Balaban J connectivity index is 2.55. The van der Waals surface area contributed by atoms with Gasteiger partial charge >= 0.3 is 6.09 Å². The molecule has 0 heterocycles. The maximum absolute atomic E-state index is 12.9. The summed E-state index contributed by atoms with van der Waals surface area (Å²) < 4.78 is 12.9. The molecule has 6 heteroatoms. The molecule has 0 bridgehead atoms. The number of hydrogen-bond acceptors (Lipinski definition) is 2. The van der Waals surface area contributed by atoms with E-state index < -0.39 is 24.4 Å². The second-order valence-corrected chi connectivity index (χ2v) is 4.31. The third-order valence-corrected chi connectivity index (χ3v) is 3.00. The summed E-state index contributed by atoms with van der Waals surface area (Å²) in [4.78, 5) is 9.89. The van der Waals surface area contributed by atoms with Crippen molar-refractivity contribution < 1.29 is 19.4 Å². The molecule has 0 aromatic carbocycles. The van der Waals surface area contributed by atoms with E-state index in [4.69, 9.17) is 5.11 Å².